The molecule has 1 amide bonds. The van der Waals surface area contributed by atoms with E-state index < -0.39 is 23.2 Å². The first-order chi connectivity index (χ1) is 16.4. The van der Waals surface area contributed by atoms with Crippen LogP contribution in [0, 0.1) is 0 Å². The Kier molecular flexibility index (Phi) is 5.09. The van der Waals surface area contributed by atoms with Gasteiger partial charge in [-0.15, -0.1) is 0 Å². The molecule has 0 saturated heterocycles. The summed E-state index contributed by atoms with van der Waals surface area (Å²) in [6.45, 7) is 0. The van der Waals surface area contributed by atoms with E-state index >= 15 is 0 Å². The molecule has 170 valence electrons. The number of imidazole rings is 1. The standard InChI is InChI=1S/C25H22N6O3/c1-29-19-12-8-7-11-17(19)26-22(29)20(15-9-5-4-6-10-15)28-23(32)18-14-13-16-21(27-18)30(2)25(34)31(3)24(16)33/h4-14,20H,1-3H3,(H,28,32). The second kappa shape index (κ2) is 8.11. The van der Waals surface area contributed by atoms with Crippen molar-refractivity contribution < 1.29 is 4.79 Å². The van der Waals surface area contributed by atoms with Crippen LogP contribution < -0.4 is 16.6 Å². The van der Waals surface area contributed by atoms with Crippen molar-refractivity contribution in [2.24, 2.45) is 21.1 Å². The summed E-state index contributed by atoms with van der Waals surface area (Å²) in [6.07, 6.45) is 0. The molecule has 2 aromatic carbocycles. The third-order valence-corrected chi connectivity index (χ3v) is 6.02. The van der Waals surface area contributed by atoms with E-state index in [1.54, 1.807) is 0 Å². The quantitative estimate of drug-likeness (QED) is 0.448. The Balaban J connectivity index is 1.60. The average Bonchev–Trinajstić information content (AvgIpc) is 3.21. The SMILES string of the molecule is Cn1c(=O)c2ccc(C(=O)NC(c3ccccc3)c3nc4ccccc4n3C)nc2n(C)c1=O. The highest BCUT2D eigenvalue weighted by Crippen LogP contribution is 2.25. The summed E-state index contributed by atoms with van der Waals surface area (Å²) < 4.78 is 4.23. The summed E-state index contributed by atoms with van der Waals surface area (Å²) in [5.41, 5.74) is 1.91. The van der Waals surface area contributed by atoms with E-state index in [9.17, 15) is 14.4 Å². The number of nitrogens with zero attached hydrogens (tertiary/aromatic N) is 5. The first-order valence-corrected chi connectivity index (χ1v) is 10.7. The van der Waals surface area contributed by atoms with Gasteiger partial charge in [-0.2, -0.15) is 0 Å². The molecule has 0 saturated carbocycles. The lowest BCUT2D eigenvalue weighted by molar-refractivity contribution is 0.0936. The molecule has 1 atom stereocenters. The van der Waals surface area contributed by atoms with Crippen LogP contribution in [0.3, 0.4) is 0 Å². The molecule has 0 aliphatic heterocycles. The van der Waals surface area contributed by atoms with Gasteiger partial charge in [-0.25, -0.2) is 14.8 Å². The average molecular weight is 454 g/mol. The van der Waals surface area contributed by atoms with Gasteiger partial charge < -0.3 is 9.88 Å². The summed E-state index contributed by atoms with van der Waals surface area (Å²) in [4.78, 5) is 47.2. The minimum Gasteiger partial charge on any atom is -0.337 e. The predicted molar refractivity (Wildman–Crippen MR) is 129 cm³/mol. The van der Waals surface area contributed by atoms with Gasteiger partial charge in [0.2, 0.25) is 0 Å². The predicted octanol–water partition coefficient (Wildman–Crippen LogP) is 2.04. The zero-order chi connectivity index (χ0) is 24.0. The number of carbonyl (C=O) groups is 1. The monoisotopic (exact) mass is 454 g/mol. The van der Waals surface area contributed by atoms with Crippen molar-refractivity contribution in [3.05, 3.63) is 105 Å². The first-order valence-electron chi connectivity index (χ1n) is 10.7. The highest BCUT2D eigenvalue weighted by molar-refractivity contribution is 5.94. The molecule has 0 fully saturated rings. The number of nitrogens with one attached hydrogen (secondary N) is 1. The van der Waals surface area contributed by atoms with Crippen molar-refractivity contribution in [3.8, 4) is 0 Å². The number of pyridine rings is 1. The Bertz CT molecular complexity index is 1680. The maximum atomic E-state index is 13.3. The largest absolute Gasteiger partial charge is 0.337 e. The van der Waals surface area contributed by atoms with E-state index in [1.165, 1.54) is 30.8 Å². The van der Waals surface area contributed by atoms with Gasteiger partial charge in [0, 0.05) is 21.1 Å². The topological polar surface area (TPSA) is 104 Å². The van der Waals surface area contributed by atoms with Gasteiger partial charge in [0.25, 0.3) is 11.5 Å². The van der Waals surface area contributed by atoms with Crippen LogP contribution in [0.2, 0.25) is 0 Å². The van der Waals surface area contributed by atoms with Crippen molar-refractivity contribution in [2.45, 2.75) is 6.04 Å². The molecule has 0 radical (unpaired) electrons. The maximum absolute atomic E-state index is 13.3. The highest BCUT2D eigenvalue weighted by Gasteiger charge is 2.24. The Morgan fingerprint density at radius 2 is 1.53 bits per heavy atom. The molecule has 9 heteroatoms. The first kappa shape index (κ1) is 21.3. The molecule has 3 aromatic heterocycles. The normalized spacial score (nSPS) is 12.2. The van der Waals surface area contributed by atoms with E-state index in [-0.39, 0.29) is 16.7 Å². The third-order valence-electron chi connectivity index (χ3n) is 6.02. The fourth-order valence-electron chi connectivity index (χ4n) is 4.15. The second-order valence-electron chi connectivity index (χ2n) is 8.11. The molecular weight excluding hydrogens is 432 g/mol. The van der Waals surface area contributed by atoms with Crippen molar-refractivity contribution in [2.75, 3.05) is 0 Å². The molecule has 5 aromatic rings. The van der Waals surface area contributed by atoms with Crippen LogP contribution in [-0.2, 0) is 21.1 Å². The van der Waals surface area contributed by atoms with E-state index in [0.717, 1.165) is 21.2 Å². The Morgan fingerprint density at radius 3 is 2.26 bits per heavy atom. The molecule has 0 spiro atoms. The number of para-hydroxylation sites is 2. The van der Waals surface area contributed by atoms with Crippen LogP contribution in [0.1, 0.15) is 27.9 Å². The van der Waals surface area contributed by atoms with E-state index in [0.29, 0.717) is 5.82 Å². The van der Waals surface area contributed by atoms with Crippen molar-refractivity contribution in [3.63, 3.8) is 0 Å². The van der Waals surface area contributed by atoms with Crippen LogP contribution in [0.4, 0.5) is 0 Å². The summed E-state index contributed by atoms with van der Waals surface area (Å²) in [7, 11) is 4.84. The number of rotatable bonds is 4. The molecule has 9 nitrogen and oxygen atoms in total. The highest BCUT2D eigenvalue weighted by atomic mass is 16.2. The molecular formula is C25H22N6O3. The number of aromatic nitrogens is 5. The summed E-state index contributed by atoms with van der Waals surface area (Å²) in [5, 5.41) is 3.30. The Hall–Kier alpha value is -4.53. The number of hydrogen-bond acceptors (Lipinski definition) is 5. The summed E-state index contributed by atoms with van der Waals surface area (Å²) in [5.74, 6) is 0.221. The lowest BCUT2D eigenvalue weighted by Crippen LogP contribution is -2.37. The van der Waals surface area contributed by atoms with Gasteiger partial charge in [-0.05, 0) is 29.8 Å². The number of carbonyl (C=O) groups excluding carboxylic acids is 1. The van der Waals surface area contributed by atoms with Gasteiger partial charge in [0.15, 0.2) is 0 Å². The molecule has 0 bridgehead atoms. The van der Waals surface area contributed by atoms with Crippen molar-refractivity contribution in [1.29, 1.82) is 0 Å². The van der Waals surface area contributed by atoms with Crippen molar-refractivity contribution in [1.82, 2.24) is 29.0 Å². The maximum Gasteiger partial charge on any atom is 0.332 e. The number of fused-ring (bicyclic) bond motifs is 2. The van der Waals surface area contributed by atoms with Crippen LogP contribution in [-0.4, -0.2) is 29.6 Å². The number of hydrogen-bond donors (Lipinski definition) is 1. The molecule has 5 rings (SSSR count). The molecule has 34 heavy (non-hydrogen) atoms. The number of benzene rings is 2. The van der Waals surface area contributed by atoms with Gasteiger partial charge in [-0.1, -0.05) is 42.5 Å². The Morgan fingerprint density at radius 1 is 0.824 bits per heavy atom. The zero-order valence-electron chi connectivity index (χ0n) is 18.9. The lowest BCUT2D eigenvalue weighted by Gasteiger charge is -2.19. The van der Waals surface area contributed by atoms with E-state index in [4.69, 9.17) is 4.98 Å². The molecule has 1 unspecified atom stereocenters. The fourth-order valence-corrected chi connectivity index (χ4v) is 4.15. The third kappa shape index (κ3) is 3.38. The Labute approximate surface area is 193 Å². The minimum atomic E-state index is -0.545. The smallest absolute Gasteiger partial charge is 0.332 e. The molecule has 0 aliphatic carbocycles. The molecule has 0 aliphatic rings. The van der Waals surface area contributed by atoms with Crippen molar-refractivity contribution >= 4 is 28.0 Å². The van der Waals surface area contributed by atoms with E-state index in [1.807, 2.05) is 66.2 Å². The van der Waals surface area contributed by atoms with Crippen LogP contribution in [0.15, 0.2) is 76.3 Å². The van der Waals surface area contributed by atoms with Gasteiger partial charge in [-0.3, -0.25) is 18.7 Å². The van der Waals surface area contributed by atoms with Crippen LogP contribution in [0.25, 0.3) is 22.1 Å². The lowest BCUT2D eigenvalue weighted by atomic mass is 10.1. The molecule has 3 heterocycles. The second-order valence-corrected chi connectivity index (χ2v) is 8.11. The summed E-state index contributed by atoms with van der Waals surface area (Å²) in [6, 6.07) is 19.8. The van der Waals surface area contributed by atoms with E-state index in [2.05, 4.69) is 10.3 Å². The fraction of sp³-hybridized carbons (Fsp3) is 0.160. The van der Waals surface area contributed by atoms with Gasteiger partial charge in [0.1, 0.15) is 23.2 Å². The zero-order valence-corrected chi connectivity index (χ0v) is 18.9. The van der Waals surface area contributed by atoms with Gasteiger partial charge in [0.05, 0.1) is 16.4 Å². The van der Waals surface area contributed by atoms with Gasteiger partial charge >= 0.3 is 5.69 Å². The van der Waals surface area contributed by atoms with Crippen LogP contribution in [0.5, 0.6) is 0 Å². The number of aryl methyl sites for hydroxylation is 2. The minimum absolute atomic E-state index is 0.0930. The van der Waals surface area contributed by atoms with Crippen LogP contribution >= 0.6 is 0 Å². The number of amides is 1. The summed E-state index contributed by atoms with van der Waals surface area (Å²) >= 11 is 0. The molecule has 1 N–H and O–H groups in total.